The monoisotopic (exact) mass is 271 g/mol. The first-order valence-electron chi connectivity index (χ1n) is 3.49. The van der Waals surface area contributed by atoms with Crippen molar-refractivity contribution >= 4 is 49.0 Å². The normalized spacial score (nSPS) is 10.2. The number of benzene rings is 1. The molecule has 1 nitrogen and oxygen atoms in total. The second-order valence-electron chi connectivity index (χ2n) is 2.50. The van der Waals surface area contributed by atoms with Crippen LogP contribution in [0.3, 0.4) is 0 Å². The fourth-order valence-corrected chi connectivity index (χ4v) is 2.73. The molecule has 0 fully saturated rings. The summed E-state index contributed by atoms with van der Waals surface area (Å²) >= 11 is 10.8. The van der Waals surface area contributed by atoms with E-state index in [-0.39, 0.29) is 0 Å². The lowest BCUT2D eigenvalue weighted by atomic mass is 10.2. The number of rotatable bonds is 0. The van der Waals surface area contributed by atoms with E-state index in [9.17, 15) is 0 Å². The molecule has 0 atom stereocenters. The second kappa shape index (κ2) is 3.30. The van der Waals surface area contributed by atoms with Crippen LogP contribution in [0.25, 0.3) is 10.1 Å². The average Bonchev–Trinajstić information content (AvgIpc) is 2.54. The zero-order valence-corrected chi connectivity index (χ0v) is 9.50. The number of halogens is 2. The fraction of sp³-hybridized carbons (Fsp3) is 0. The predicted octanol–water partition coefficient (Wildman–Crippen LogP) is 4.19. The van der Waals surface area contributed by atoms with Gasteiger partial charge in [0, 0.05) is 4.47 Å². The van der Waals surface area contributed by atoms with E-state index in [4.69, 9.17) is 16.9 Å². The highest BCUT2D eigenvalue weighted by molar-refractivity contribution is 9.10. The van der Waals surface area contributed by atoms with Gasteiger partial charge in [0.2, 0.25) is 0 Å². The van der Waals surface area contributed by atoms with Crippen molar-refractivity contribution in [3.8, 4) is 6.07 Å². The maximum atomic E-state index is 8.91. The van der Waals surface area contributed by atoms with E-state index in [1.165, 1.54) is 11.3 Å². The summed E-state index contributed by atoms with van der Waals surface area (Å²) in [7, 11) is 0. The Morgan fingerprint density at radius 3 is 3.00 bits per heavy atom. The van der Waals surface area contributed by atoms with Crippen molar-refractivity contribution in [2.24, 2.45) is 0 Å². The van der Waals surface area contributed by atoms with Crippen LogP contribution in [0.4, 0.5) is 0 Å². The van der Waals surface area contributed by atoms with Gasteiger partial charge in [-0.1, -0.05) is 11.6 Å². The highest BCUT2D eigenvalue weighted by Gasteiger charge is 2.10. The van der Waals surface area contributed by atoms with Crippen molar-refractivity contribution in [3.63, 3.8) is 0 Å². The molecule has 0 amide bonds. The maximum absolute atomic E-state index is 8.91. The molecule has 2 aromatic rings. The smallest absolute Gasteiger partial charge is 0.102 e. The highest BCUT2D eigenvalue weighted by Crippen LogP contribution is 2.35. The Balaban J connectivity index is 2.98. The van der Waals surface area contributed by atoms with Crippen LogP contribution in [-0.2, 0) is 0 Å². The second-order valence-corrected chi connectivity index (χ2v) is 4.65. The lowest BCUT2D eigenvalue weighted by molar-refractivity contribution is 1.50. The summed E-state index contributed by atoms with van der Waals surface area (Å²) in [4.78, 5) is 0. The van der Waals surface area contributed by atoms with E-state index in [0.717, 1.165) is 14.6 Å². The summed E-state index contributed by atoms with van der Waals surface area (Å²) in [6.45, 7) is 0. The minimum Gasteiger partial charge on any atom is -0.192 e. The first kappa shape index (κ1) is 9.01. The van der Waals surface area contributed by atoms with E-state index >= 15 is 0 Å². The molecule has 0 spiro atoms. The summed E-state index contributed by atoms with van der Waals surface area (Å²) in [5, 5.41) is 12.4. The van der Waals surface area contributed by atoms with E-state index in [2.05, 4.69) is 22.0 Å². The molecule has 4 heteroatoms. The van der Waals surface area contributed by atoms with Gasteiger partial charge in [-0.05, 0) is 38.8 Å². The van der Waals surface area contributed by atoms with Gasteiger partial charge in [0.15, 0.2) is 0 Å². The third-order valence-corrected chi connectivity index (χ3v) is 3.94. The quantitative estimate of drug-likeness (QED) is 0.705. The maximum Gasteiger partial charge on any atom is 0.102 e. The van der Waals surface area contributed by atoms with Crippen LogP contribution in [0, 0.1) is 11.3 Å². The van der Waals surface area contributed by atoms with Crippen LogP contribution in [0.2, 0.25) is 5.02 Å². The molecule has 13 heavy (non-hydrogen) atoms. The van der Waals surface area contributed by atoms with Crippen molar-refractivity contribution in [2.75, 3.05) is 0 Å². The van der Waals surface area contributed by atoms with E-state index in [1.54, 1.807) is 0 Å². The molecule has 1 aromatic carbocycles. The summed E-state index contributed by atoms with van der Waals surface area (Å²) in [6.07, 6.45) is 0. The Kier molecular flexibility index (Phi) is 2.29. The number of fused-ring (bicyclic) bond motifs is 1. The molecule has 1 heterocycles. The van der Waals surface area contributed by atoms with Crippen molar-refractivity contribution in [1.29, 1.82) is 5.26 Å². The summed E-state index contributed by atoms with van der Waals surface area (Å²) in [5.74, 6) is 0. The Morgan fingerprint density at radius 2 is 2.31 bits per heavy atom. The SMILES string of the molecule is N#Cc1c(Cl)c(Br)cc2ccsc12. The van der Waals surface area contributed by atoms with E-state index in [1.807, 2.05) is 17.5 Å². The van der Waals surface area contributed by atoms with Gasteiger partial charge < -0.3 is 0 Å². The van der Waals surface area contributed by atoms with Crippen LogP contribution in [-0.4, -0.2) is 0 Å². The highest BCUT2D eigenvalue weighted by atomic mass is 79.9. The third kappa shape index (κ3) is 1.35. The molecule has 0 saturated heterocycles. The van der Waals surface area contributed by atoms with Gasteiger partial charge in [-0.15, -0.1) is 11.3 Å². The van der Waals surface area contributed by atoms with Crippen LogP contribution in [0.1, 0.15) is 5.56 Å². The molecule has 0 aliphatic heterocycles. The fourth-order valence-electron chi connectivity index (χ4n) is 1.15. The molecule has 2 rings (SSSR count). The molecular formula is C9H3BrClNS. The summed E-state index contributed by atoms with van der Waals surface area (Å²) in [5.41, 5.74) is 0.557. The Morgan fingerprint density at radius 1 is 1.54 bits per heavy atom. The molecule has 0 aliphatic carbocycles. The Hall–Kier alpha value is -0.560. The average molecular weight is 273 g/mol. The summed E-state index contributed by atoms with van der Waals surface area (Å²) in [6, 6.07) is 6.01. The van der Waals surface area contributed by atoms with Gasteiger partial charge >= 0.3 is 0 Å². The van der Waals surface area contributed by atoms with Crippen molar-refractivity contribution in [2.45, 2.75) is 0 Å². The number of hydrogen-bond acceptors (Lipinski definition) is 2. The lowest BCUT2D eigenvalue weighted by Gasteiger charge is -1.99. The van der Waals surface area contributed by atoms with Crippen LogP contribution in [0.5, 0.6) is 0 Å². The molecule has 1 aromatic heterocycles. The van der Waals surface area contributed by atoms with E-state index < -0.39 is 0 Å². The van der Waals surface area contributed by atoms with Crippen molar-refractivity contribution in [3.05, 3.63) is 32.6 Å². The van der Waals surface area contributed by atoms with Gasteiger partial charge in [0.1, 0.15) is 6.07 Å². The first-order chi connectivity index (χ1) is 6.24. The Bertz CT molecular complexity index is 512. The van der Waals surface area contributed by atoms with Crippen molar-refractivity contribution < 1.29 is 0 Å². The number of thiophene rings is 1. The predicted molar refractivity (Wildman–Crippen MR) is 59.3 cm³/mol. The van der Waals surface area contributed by atoms with Crippen LogP contribution >= 0.6 is 38.9 Å². The summed E-state index contributed by atoms with van der Waals surface area (Å²) < 4.78 is 1.73. The van der Waals surface area contributed by atoms with Gasteiger partial charge in [-0.25, -0.2) is 0 Å². The molecule has 0 radical (unpaired) electrons. The van der Waals surface area contributed by atoms with Crippen LogP contribution < -0.4 is 0 Å². The molecule has 0 saturated carbocycles. The van der Waals surface area contributed by atoms with Crippen LogP contribution in [0.15, 0.2) is 22.0 Å². The van der Waals surface area contributed by atoms with E-state index in [0.29, 0.717) is 10.6 Å². The molecular weight excluding hydrogens is 270 g/mol. The minimum absolute atomic E-state index is 0.498. The zero-order valence-electron chi connectivity index (χ0n) is 6.34. The molecule has 64 valence electrons. The standard InChI is InChI=1S/C9H3BrClNS/c10-7-3-5-1-2-13-9(5)6(4-12)8(7)11/h1-3H. The topological polar surface area (TPSA) is 23.8 Å². The van der Waals surface area contributed by atoms with Gasteiger partial charge in [-0.2, -0.15) is 5.26 Å². The zero-order chi connectivity index (χ0) is 9.42. The van der Waals surface area contributed by atoms with Gasteiger partial charge in [0.05, 0.1) is 15.3 Å². The number of nitrogens with zero attached hydrogens (tertiary/aromatic N) is 1. The molecule has 0 unspecified atom stereocenters. The molecule has 0 N–H and O–H groups in total. The number of nitriles is 1. The van der Waals surface area contributed by atoms with Gasteiger partial charge in [0.25, 0.3) is 0 Å². The minimum atomic E-state index is 0.498. The molecule has 0 bridgehead atoms. The van der Waals surface area contributed by atoms with Gasteiger partial charge in [-0.3, -0.25) is 0 Å². The number of hydrogen-bond donors (Lipinski definition) is 0. The Labute approximate surface area is 92.7 Å². The molecule has 0 aliphatic rings. The largest absolute Gasteiger partial charge is 0.192 e. The third-order valence-electron chi connectivity index (χ3n) is 1.75. The lowest BCUT2D eigenvalue weighted by Crippen LogP contribution is -1.78. The first-order valence-corrected chi connectivity index (χ1v) is 5.54. The van der Waals surface area contributed by atoms with Crippen molar-refractivity contribution in [1.82, 2.24) is 0 Å².